The van der Waals surface area contributed by atoms with Crippen molar-refractivity contribution in [2.24, 2.45) is 0 Å². The van der Waals surface area contributed by atoms with Crippen LogP contribution in [0.5, 0.6) is 5.75 Å². The first kappa shape index (κ1) is 28.1. The molecular weight excluding hydrogens is 552 g/mol. The first-order valence-corrected chi connectivity index (χ1v) is 15.5. The van der Waals surface area contributed by atoms with Crippen LogP contribution in [-0.4, -0.2) is 47.5 Å². The average molecular weight is 577 g/mol. The monoisotopic (exact) mass is 577 g/mol. The molecule has 4 aromatic rings. The Morgan fingerprint density at radius 1 is 1.00 bits per heavy atom. The molecule has 0 bridgehead atoms. The Balaban J connectivity index is 1.59. The van der Waals surface area contributed by atoms with E-state index < -0.39 is 20.7 Å². The molecule has 14 heteroatoms. The quantitative estimate of drug-likeness (QED) is 0.170. The summed E-state index contributed by atoms with van der Waals surface area (Å²) in [4.78, 5) is 60.0. The summed E-state index contributed by atoms with van der Waals surface area (Å²) in [5, 5.41) is 4.26. The summed E-state index contributed by atoms with van der Waals surface area (Å²) >= 11 is 1.22. The minimum Gasteiger partial charge on any atom is -0.485 e. The van der Waals surface area contributed by atoms with Crippen molar-refractivity contribution in [2.75, 3.05) is 11.9 Å². The maximum absolute atomic E-state index is 12.6. The number of anilines is 1. The van der Waals surface area contributed by atoms with Gasteiger partial charge in [-0.05, 0) is 48.1 Å². The Hall–Kier alpha value is -2.95. The van der Waals surface area contributed by atoms with Gasteiger partial charge in [-0.2, -0.15) is 0 Å². The zero-order chi connectivity index (χ0) is 27.7. The van der Waals surface area contributed by atoms with Gasteiger partial charge in [-0.3, -0.25) is 13.9 Å². The van der Waals surface area contributed by atoms with E-state index in [2.05, 4.69) is 15.3 Å². The molecule has 0 saturated carbocycles. The molecule has 200 valence electrons. The van der Waals surface area contributed by atoms with Crippen LogP contribution in [0, 0.1) is 13.8 Å². The van der Waals surface area contributed by atoms with E-state index in [1.54, 1.807) is 35.7 Å². The van der Waals surface area contributed by atoms with Crippen LogP contribution in [0.3, 0.4) is 0 Å². The SMILES string of the molecule is Cc1cccc(C)c1OCC(=O)Cc1cccc(-c2nc(NC(P(=O)(O)O)P(=O)(O)O)c3ccsc3n2)c1. The van der Waals surface area contributed by atoms with E-state index in [4.69, 9.17) is 4.74 Å². The highest BCUT2D eigenvalue weighted by Gasteiger charge is 2.44. The van der Waals surface area contributed by atoms with Gasteiger partial charge in [0.2, 0.25) is 5.52 Å². The summed E-state index contributed by atoms with van der Waals surface area (Å²) in [6, 6.07) is 14.2. The molecule has 0 atom stereocenters. The van der Waals surface area contributed by atoms with Crippen LogP contribution in [0.1, 0.15) is 16.7 Å². The number of ketones is 1. The fraction of sp³-hybridized carbons (Fsp3) is 0.208. The molecule has 0 radical (unpaired) electrons. The van der Waals surface area contributed by atoms with Crippen molar-refractivity contribution in [1.29, 1.82) is 0 Å². The Kier molecular flexibility index (Phi) is 8.15. The number of ether oxygens (including phenoxy) is 1. The number of carbonyl (C=O) groups excluding carboxylic acids is 1. The van der Waals surface area contributed by atoms with E-state index in [1.165, 1.54) is 11.3 Å². The number of carbonyl (C=O) groups is 1. The molecule has 2 aromatic carbocycles. The number of thiophene rings is 1. The van der Waals surface area contributed by atoms with Gasteiger partial charge >= 0.3 is 15.2 Å². The van der Waals surface area contributed by atoms with Gasteiger partial charge < -0.3 is 29.6 Å². The van der Waals surface area contributed by atoms with Gasteiger partial charge in [0.05, 0.1) is 5.39 Å². The highest BCUT2D eigenvalue weighted by molar-refractivity contribution is 7.71. The van der Waals surface area contributed by atoms with E-state index in [0.717, 1.165) is 11.1 Å². The molecule has 11 nitrogen and oxygen atoms in total. The maximum Gasteiger partial charge on any atom is 0.360 e. The lowest BCUT2D eigenvalue weighted by atomic mass is 10.1. The van der Waals surface area contributed by atoms with Crippen LogP contribution in [0.15, 0.2) is 53.9 Å². The molecule has 0 aliphatic rings. The second-order valence-corrected chi connectivity index (χ2v) is 13.3. The third-order valence-corrected chi connectivity index (χ3v) is 9.75. The minimum atomic E-state index is -5.25. The van der Waals surface area contributed by atoms with E-state index >= 15 is 0 Å². The van der Waals surface area contributed by atoms with Gasteiger partial charge in [0, 0.05) is 12.0 Å². The van der Waals surface area contributed by atoms with E-state index in [0.29, 0.717) is 27.1 Å². The van der Waals surface area contributed by atoms with Crippen LogP contribution in [0.4, 0.5) is 5.82 Å². The molecule has 0 saturated heterocycles. The lowest BCUT2D eigenvalue weighted by Gasteiger charge is -2.21. The van der Waals surface area contributed by atoms with Crippen molar-refractivity contribution < 1.29 is 38.2 Å². The van der Waals surface area contributed by atoms with Crippen LogP contribution in [0.2, 0.25) is 0 Å². The normalized spacial score (nSPS) is 12.2. The summed E-state index contributed by atoms with van der Waals surface area (Å²) in [7, 11) is -10.5. The van der Waals surface area contributed by atoms with Crippen molar-refractivity contribution in [1.82, 2.24) is 9.97 Å². The van der Waals surface area contributed by atoms with Crippen molar-refractivity contribution in [3.63, 3.8) is 0 Å². The lowest BCUT2D eigenvalue weighted by Crippen LogP contribution is -2.21. The van der Waals surface area contributed by atoms with Gasteiger partial charge in [0.15, 0.2) is 11.6 Å². The Morgan fingerprint density at radius 3 is 2.32 bits per heavy atom. The third-order valence-electron chi connectivity index (χ3n) is 5.60. The molecule has 0 fully saturated rings. The number of para-hydroxylation sites is 1. The lowest BCUT2D eigenvalue weighted by molar-refractivity contribution is -0.120. The summed E-state index contributed by atoms with van der Waals surface area (Å²) < 4.78 is 29.3. The molecule has 2 heterocycles. The maximum atomic E-state index is 12.6. The van der Waals surface area contributed by atoms with Gasteiger partial charge in [-0.25, -0.2) is 9.97 Å². The summed E-state index contributed by atoms with van der Waals surface area (Å²) in [5.41, 5.74) is 0.579. The van der Waals surface area contributed by atoms with Gasteiger partial charge in [0.1, 0.15) is 23.0 Å². The van der Waals surface area contributed by atoms with Crippen molar-refractivity contribution in [3.05, 3.63) is 70.6 Å². The predicted molar refractivity (Wildman–Crippen MR) is 144 cm³/mol. The molecule has 0 spiro atoms. The second-order valence-electron chi connectivity index (χ2n) is 8.66. The topological polar surface area (TPSA) is 179 Å². The number of hydrogen-bond donors (Lipinski definition) is 5. The molecule has 0 unspecified atom stereocenters. The zero-order valence-corrected chi connectivity index (χ0v) is 22.9. The molecule has 4 rings (SSSR count). The molecule has 2 aromatic heterocycles. The first-order chi connectivity index (χ1) is 17.8. The van der Waals surface area contributed by atoms with Gasteiger partial charge in [-0.15, -0.1) is 11.3 Å². The standard InChI is InChI=1S/C24H25N3O8P2S/c1-14-5-3-6-15(2)20(14)35-13-18(28)12-16-7-4-8-17(11-16)21-25-22(19-9-10-38-23(19)26-21)27-24(36(29,30)31)37(32,33)34/h3-11,24H,12-13H2,1-2H3,(H,25,26,27)(H2,29,30,31)(H2,32,33,34). The number of Topliss-reactive ketones (excluding diaryl/α,β-unsaturated/α-hetero) is 1. The highest BCUT2D eigenvalue weighted by atomic mass is 32.1. The number of rotatable bonds is 10. The Bertz CT molecular complexity index is 1550. The predicted octanol–water partition coefficient (Wildman–Crippen LogP) is 4.22. The number of fused-ring (bicyclic) bond motifs is 1. The Morgan fingerprint density at radius 2 is 1.66 bits per heavy atom. The van der Waals surface area contributed by atoms with Gasteiger partial charge in [0.25, 0.3) is 0 Å². The fourth-order valence-electron chi connectivity index (χ4n) is 3.86. The van der Waals surface area contributed by atoms with Crippen LogP contribution >= 0.6 is 26.5 Å². The van der Waals surface area contributed by atoms with Crippen molar-refractivity contribution in [3.8, 4) is 17.1 Å². The highest BCUT2D eigenvalue weighted by Crippen LogP contribution is 2.59. The summed E-state index contributed by atoms with van der Waals surface area (Å²) in [5.74, 6) is 0.550. The fourth-order valence-corrected chi connectivity index (χ4v) is 6.77. The number of hydrogen-bond acceptors (Lipinski definition) is 8. The largest absolute Gasteiger partial charge is 0.485 e. The zero-order valence-electron chi connectivity index (χ0n) is 20.3. The summed E-state index contributed by atoms with van der Waals surface area (Å²) in [6.45, 7) is 3.71. The molecule has 5 N–H and O–H groups in total. The van der Waals surface area contributed by atoms with Crippen molar-refractivity contribution in [2.45, 2.75) is 25.8 Å². The minimum absolute atomic E-state index is 0.0869. The molecule has 0 amide bonds. The average Bonchev–Trinajstić information content (AvgIpc) is 3.30. The molecule has 0 aliphatic heterocycles. The van der Waals surface area contributed by atoms with Crippen LogP contribution in [0.25, 0.3) is 21.6 Å². The number of nitrogens with zero attached hydrogens (tertiary/aromatic N) is 2. The van der Waals surface area contributed by atoms with Crippen LogP contribution < -0.4 is 10.1 Å². The number of nitrogens with one attached hydrogen (secondary N) is 1. The number of aryl methyl sites for hydroxylation is 2. The number of aromatic nitrogens is 2. The molecule has 0 aliphatic carbocycles. The third kappa shape index (κ3) is 6.54. The smallest absolute Gasteiger partial charge is 0.360 e. The molecule has 38 heavy (non-hydrogen) atoms. The van der Waals surface area contributed by atoms with E-state index in [9.17, 15) is 33.5 Å². The first-order valence-electron chi connectivity index (χ1n) is 11.2. The van der Waals surface area contributed by atoms with E-state index in [1.807, 2.05) is 32.0 Å². The molecular formula is C24H25N3O8P2S. The van der Waals surface area contributed by atoms with Gasteiger partial charge in [-0.1, -0.05) is 36.4 Å². The Labute approximate surface area is 221 Å². The number of benzene rings is 2. The van der Waals surface area contributed by atoms with E-state index in [-0.39, 0.29) is 30.5 Å². The van der Waals surface area contributed by atoms with Crippen molar-refractivity contribution >= 4 is 48.3 Å². The second kappa shape index (κ2) is 11.0. The van der Waals surface area contributed by atoms with Crippen LogP contribution in [-0.2, 0) is 20.3 Å². The summed E-state index contributed by atoms with van der Waals surface area (Å²) in [6.07, 6.45) is 0.0869.